The lowest BCUT2D eigenvalue weighted by atomic mass is 10.1. The van der Waals surface area contributed by atoms with Crippen LogP contribution in [0.4, 0.5) is 58.4 Å². The highest BCUT2D eigenvalue weighted by Gasteiger charge is 2.17. The fourth-order valence-corrected chi connectivity index (χ4v) is 8.03. The third kappa shape index (κ3) is 16.1. The number of hydrogen-bond acceptors (Lipinski definition) is 20. The van der Waals surface area contributed by atoms with Crippen LogP contribution in [-0.2, 0) is 19.5 Å². The van der Waals surface area contributed by atoms with Crippen LogP contribution in [0.2, 0.25) is 0 Å². The van der Waals surface area contributed by atoms with E-state index in [0.717, 1.165) is 63.5 Å². The van der Waals surface area contributed by atoms with Crippen molar-refractivity contribution in [1.29, 1.82) is 0 Å². The highest BCUT2D eigenvalue weighted by atomic mass is 32.2. The number of para-hydroxylation sites is 2. The van der Waals surface area contributed by atoms with E-state index in [4.69, 9.17) is 9.59 Å². The van der Waals surface area contributed by atoms with E-state index >= 15 is 0 Å². The number of anilines is 10. The molecule has 68 heavy (non-hydrogen) atoms. The van der Waals surface area contributed by atoms with E-state index in [9.17, 15) is 13.0 Å². The van der Waals surface area contributed by atoms with Gasteiger partial charge in [0.2, 0.25) is 35.7 Å². The van der Waals surface area contributed by atoms with E-state index in [0.29, 0.717) is 59.1 Å². The molecule has 360 valence electrons. The molecular weight excluding hydrogens is 909 g/mol. The minimum absolute atomic E-state index is 0.134. The second kappa shape index (κ2) is 26.2. The molecule has 0 aliphatic rings. The first kappa shape index (κ1) is 50.9. The van der Waals surface area contributed by atoms with Crippen molar-refractivity contribution < 1.29 is 27.6 Å². The molecule has 0 fully saturated rings. The van der Waals surface area contributed by atoms with Gasteiger partial charge in [0.05, 0.1) is 12.0 Å². The summed E-state index contributed by atoms with van der Waals surface area (Å²) in [6, 6.07) is 28.6. The molecule has 0 saturated heterocycles. The Bertz CT molecular complexity index is 2650. The number of hydrogen-bond donors (Lipinski definition) is 8. The van der Waals surface area contributed by atoms with Crippen molar-refractivity contribution >= 4 is 92.8 Å². The van der Waals surface area contributed by atoms with Crippen molar-refractivity contribution in [2.45, 2.75) is 50.3 Å². The quantitative estimate of drug-likeness (QED) is 0.00570. The highest BCUT2D eigenvalue weighted by Crippen LogP contribution is 2.32. The standard InChI is InChI=1S/C46H58N14O6S2/c1-5-59(6-2)29-15-27-47-41-53-43(49-35-17-11-9-12-18-35)57-45(55-41)51-37-25-23-33(39(31-37)67-66-65-61)21-22-34-24-26-38(32-40(34)68(62,63)64)52-46-56-42(48-28-16-30-60(7-3)8-4)54-44(58-46)50-36-19-13-10-14-20-36/h9-14,17-26,31-32,61H,5-8,15-16,27-30H2,1-4H3,(H,62,63,64)(H3,47,49,51,53,55,57)(H3,48,50,52,54,56,58)/b22-21+. The van der Waals surface area contributed by atoms with Gasteiger partial charge in [0, 0.05) is 40.7 Å². The summed E-state index contributed by atoms with van der Waals surface area (Å²) in [5.41, 5.74) is 3.11. The zero-order chi connectivity index (χ0) is 48.1. The average Bonchev–Trinajstić information content (AvgIpc) is 3.33. The summed E-state index contributed by atoms with van der Waals surface area (Å²) in [6.45, 7) is 15.5. The molecule has 0 unspecified atom stereocenters. The Morgan fingerprint density at radius 2 is 0.971 bits per heavy atom. The second-order valence-electron chi connectivity index (χ2n) is 15.0. The maximum absolute atomic E-state index is 12.8. The summed E-state index contributed by atoms with van der Waals surface area (Å²) in [6.07, 6.45) is 4.90. The summed E-state index contributed by atoms with van der Waals surface area (Å²) < 4.78 is 40.9. The van der Waals surface area contributed by atoms with E-state index in [1.165, 1.54) is 18.2 Å². The molecule has 0 aliphatic heterocycles. The van der Waals surface area contributed by atoms with Crippen LogP contribution >= 0.6 is 12.0 Å². The number of nitrogens with one attached hydrogen (secondary N) is 6. The monoisotopic (exact) mass is 966 g/mol. The van der Waals surface area contributed by atoms with E-state index in [1.54, 1.807) is 30.3 Å². The first-order valence-corrected chi connectivity index (χ1v) is 24.4. The third-order valence-corrected chi connectivity index (χ3v) is 12.0. The van der Waals surface area contributed by atoms with Crippen molar-refractivity contribution in [2.24, 2.45) is 0 Å². The molecule has 0 atom stereocenters. The minimum Gasteiger partial charge on any atom is -0.354 e. The van der Waals surface area contributed by atoms with Crippen LogP contribution in [0.25, 0.3) is 12.2 Å². The van der Waals surface area contributed by atoms with Crippen LogP contribution in [-0.4, -0.2) is 110 Å². The predicted molar refractivity (Wildman–Crippen MR) is 270 cm³/mol. The van der Waals surface area contributed by atoms with Crippen molar-refractivity contribution in [3.05, 3.63) is 108 Å². The molecular formula is C46H58N14O6S2. The zero-order valence-electron chi connectivity index (χ0n) is 38.4. The lowest BCUT2D eigenvalue weighted by molar-refractivity contribution is -0.432. The molecule has 2 aromatic heterocycles. The Kier molecular flexibility index (Phi) is 19.6. The van der Waals surface area contributed by atoms with E-state index in [-0.39, 0.29) is 34.0 Å². The van der Waals surface area contributed by atoms with Crippen molar-refractivity contribution in [2.75, 3.05) is 84.3 Å². The maximum atomic E-state index is 12.8. The van der Waals surface area contributed by atoms with E-state index in [1.807, 2.05) is 60.7 Å². The van der Waals surface area contributed by atoms with Gasteiger partial charge >= 0.3 is 0 Å². The molecule has 0 saturated carbocycles. The molecule has 2 heterocycles. The van der Waals surface area contributed by atoms with Crippen LogP contribution < -0.4 is 31.9 Å². The SMILES string of the molecule is CCN(CC)CCCNc1nc(Nc2ccccc2)nc(Nc2ccc(/C=C/c3ccc(Nc4nc(NCCCN(CC)CC)nc(Nc5ccccc5)n4)cc3S(=O)(=O)O)c(SOOO)c2)n1. The molecule has 6 aromatic rings. The van der Waals surface area contributed by atoms with Gasteiger partial charge in [-0.3, -0.25) is 4.55 Å². The minimum atomic E-state index is -4.74. The molecule has 0 amide bonds. The van der Waals surface area contributed by atoms with Gasteiger partial charge < -0.3 is 41.7 Å². The fraction of sp³-hybridized carbons (Fsp3) is 0.304. The van der Waals surface area contributed by atoms with E-state index in [2.05, 4.69) is 104 Å². The predicted octanol–water partition coefficient (Wildman–Crippen LogP) is 9.16. The van der Waals surface area contributed by atoms with Gasteiger partial charge in [-0.05, 0) is 112 Å². The molecule has 0 bridgehead atoms. The molecule has 0 spiro atoms. The Hall–Kier alpha value is -6.50. The number of aromatic nitrogens is 6. The van der Waals surface area contributed by atoms with Crippen LogP contribution in [0.1, 0.15) is 51.7 Å². The topological polar surface area (TPSA) is 249 Å². The van der Waals surface area contributed by atoms with Crippen molar-refractivity contribution in [1.82, 2.24) is 39.7 Å². The molecule has 22 heteroatoms. The average molecular weight is 967 g/mol. The van der Waals surface area contributed by atoms with Crippen LogP contribution in [0.3, 0.4) is 0 Å². The fourth-order valence-electron chi connectivity index (χ4n) is 6.80. The van der Waals surface area contributed by atoms with Gasteiger partial charge in [-0.25, -0.2) is 5.26 Å². The first-order chi connectivity index (χ1) is 33.0. The lowest BCUT2D eigenvalue weighted by Gasteiger charge is -2.18. The van der Waals surface area contributed by atoms with Crippen molar-refractivity contribution in [3.8, 4) is 0 Å². The Labute approximate surface area is 401 Å². The van der Waals surface area contributed by atoms with Crippen LogP contribution in [0.15, 0.2) is 107 Å². The molecule has 0 aliphatic carbocycles. The van der Waals surface area contributed by atoms with Gasteiger partial charge in [-0.15, -0.1) is 4.33 Å². The van der Waals surface area contributed by atoms with Gasteiger partial charge in [0.15, 0.2) is 0 Å². The summed E-state index contributed by atoms with van der Waals surface area (Å²) in [7, 11) is -4.74. The molecule has 6 rings (SSSR count). The summed E-state index contributed by atoms with van der Waals surface area (Å²) in [5, 5.41) is 32.3. The van der Waals surface area contributed by atoms with Gasteiger partial charge in [-0.2, -0.15) is 38.3 Å². The number of rotatable bonds is 28. The van der Waals surface area contributed by atoms with Crippen molar-refractivity contribution in [3.63, 3.8) is 0 Å². The van der Waals surface area contributed by atoms with Crippen LogP contribution in [0.5, 0.6) is 0 Å². The Morgan fingerprint density at radius 3 is 1.41 bits per heavy atom. The second-order valence-corrected chi connectivity index (χ2v) is 17.1. The van der Waals surface area contributed by atoms with E-state index < -0.39 is 10.1 Å². The van der Waals surface area contributed by atoms with Gasteiger partial charge in [0.1, 0.15) is 4.90 Å². The first-order valence-electron chi connectivity index (χ1n) is 22.3. The van der Waals surface area contributed by atoms with Gasteiger partial charge in [0.25, 0.3) is 10.1 Å². The summed E-state index contributed by atoms with van der Waals surface area (Å²) in [5.74, 6) is 1.65. The maximum Gasteiger partial charge on any atom is 0.295 e. The smallest absolute Gasteiger partial charge is 0.295 e. The van der Waals surface area contributed by atoms with Gasteiger partial charge in [-0.1, -0.05) is 93.4 Å². The molecule has 0 radical (unpaired) electrons. The largest absolute Gasteiger partial charge is 0.354 e. The molecule has 20 nitrogen and oxygen atoms in total. The lowest BCUT2D eigenvalue weighted by Crippen LogP contribution is -2.25. The highest BCUT2D eigenvalue weighted by molar-refractivity contribution is 7.94. The third-order valence-electron chi connectivity index (χ3n) is 10.4. The summed E-state index contributed by atoms with van der Waals surface area (Å²) >= 11 is 0.705. The number of benzene rings is 4. The molecule has 4 aromatic carbocycles. The summed E-state index contributed by atoms with van der Waals surface area (Å²) in [4.78, 5) is 32.2. The molecule has 8 N–H and O–H groups in total. The normalized spacial score (nSPS) is 11.6. The zero-order valence-corrected chi connectivity index (χ0v) is 40.0. The van der Waals surface area contributed by atoms with Crippen LogP contribution in [0, 0.1) is 0 Å². The Balaban J connectivity index is 1.22. The number of nitrogens with zero attached hydrogens (tertiary/aromatic N) is 8. The Morgan fingerprint density at radius 1 is 0.559 bits per heavy atom.